The molecule has 2 rings (SSSR count). The Bertz CT molecular complexity index is 551. The van der Waals surface area contributed by atoms with Gasteiger partial charge < -0.3 is 9.84 Å². The Balaban J connectivity index is 2.17. The van der Waals surface area contributed by atoms with Gasteiger partial charge in [-0.2, -0.15) is 11.3 Å². The summed E-state index contributed by atoms with van der Waals surface area (Å²) in [6.07, 6.45) is -5.60. The molecule has 0 saturated carbocycles. The molecule has 0 bridgehead atoms. The molecule has 7 heteroatoms. The molecule has 19 heavy (non-hydrogen) atoms. The molecule has 0 spiro atoms. The smallest absolute Gasteiger partial charge is 0.406 e. The van der Waals surface area contributed by atoms with E-state index in [9.17, 15) is 18.3 Å². The fraction of sp³-hybridized carbons (Fsp3) is 0.167. The van der Waals surface area contributed by atoms with Gasteiger partial charge in [-0.3, -0.25) is 0 Å². The molecule has 1 unspecified atom stereocenters. The van der Waals surface area contributed by atoms with Crippen LogP contribution in [0, 0.1) is 0 Å². The second kappa shape index (κ2) is 5.52. The summed E-state index contributed by atoms with van der Waals surface area (Å²) in [5.74, 6) is -0.312. The second-order valence-electron chi connectivity index (χ2n) is 3.69. The van der Waals surface area contributed by atoms with Gasteiger partial charge in [-0.25, -0.2) is 0 Å². The minimum Gasteiger partial charge on any atom is -0.406 e. The standard InChI is InChI=1S/C12H8BrF3O2S/c13-10-6-19-5-9(10)11(17)7-1-3-8(4-2-7)18-12(14,15)16/h1-6,11,17H. The van der Waals surface area contributed by atoms with Gasteiger partial charge in [0.15, 0.2) is 0 Å². The molecule has 0 radical (unpaired) electrons. The van der Waals surface area contributed by atoms with Gasteiger partial charge in [-0.05, 0) is 39.0 Å². The third-order valence-corrected chi connectivity index (χ3v) is 4.12. The van der Waals surface area contributed by atoms with Crippen LogP contribution < -0.4 is 4.74 Å². The zero-order chi connectivity index (χ0) is 14.0. The lowest BCUT2D eigenvalue weighted by Gasteiger charge is -2.12. The minimum atomic E-state index is -4.71. The molecule has 1 N–H and O–H groups in total. The fourth-order valence-electron chi connectivity index (χ4n) is 1.52. The third kappa shape index (κ3) is 3.71. The Kier molecular flexibility index (Phi) is 4.17. The average molecular weight is 353 g/mol. The van der Waals surface area contributed by atoms with Crippen LogP contribution in [0.3, 0.4) is 0 Å². The highest BCUT2D eigenvalue weighted by Crippen LogP contribution is 2.32. The molecule has 1 aromatic carbocycles. The zero-order valence-electron chi connectivity index (χ0n) is 9.32. The number of aliphatic hydroxyl groups is 1. The van der Waals surface area contributed by atoms with E-state index in [0.717, 1.165) is 4.47 Å². The first-order valence-electron chi connectivity index (χ1n) is 5.12. The molecule has 102 valence electrons. The molecule has 0 aliphatic carbocycles. The van der Waals surface area contributed by atoms with Crippen molar-refractivity contribution in [2.75, 3.05) is 0 Å². The van der Waals surface area contributed by atoms with E-state index < -0.39 is 12.5 Å². The molecule has 0 aliphatic heterocycles. The summed E-state index contributed by atoms with van der Waals surface area (Å²) >= 11 is 4.72. The first-order chi connectivity index (χ1) is 8.87. The van der Waals surface area contributed by atoms with Gasteiger partial charge in [-0.15, -0.1) is 13.2 Å². The van der Waals surface area contributed by atoms with Gasteiger partial charge in [-0.1, -0.05) is 12.1 Å². The van der Waals surface area contributed by atoms with Crippen molar-refractivity contribution in [3.63, 3.8) is 0 Å². The number of thiophene rings is 1. The SMILES string of the molecule is OC(c1ccc(OC(F)(F)F)cc1)c1cscc1Br. The molecule has 1 atom stereocenters. The van der Waals surface area contributed by atoms with Gasteiger partial charge in [0.2, 0.25) is 0 Å². The Morgan fingerprint density at radius 2 is 1.79 bits per heavy atom. The predicted molar refractivity (Wildman–Crippen MR) is 69.2 cm³/mol. The Morgan fingerprint density at radius 1 is 1.16 bits per heavy atom. The van der Waals surface area contributed by atoms with Crippen LogP contribution in [0.4, 0.5) is 13.2 Å². The molecular formula is C12H8BrF3O2S. The van der Waals surface area contributed by atoms with Crippen LogP contribution >= 0.6 is 27.3 Å². The summed E-state index contributed by atoms with van der Waals surface area (Å²) in [5.41, 5.74) is 1.17. The normalized spacial score (nSPS) is 13.3. The van der Waals surface area contributed by atoms with Crippen LogP contribution in [0.15, 0.2) is 39.5 Å². The number of aliphatic hydroxyl groups excluding tert-OH is 1. The van der Waals surface area contributed by atoms with E-state index in [-0.39, 0.29) is 5.75 Å². The highest BCUT2D eigenvalue weighted by atomic mass is 79.9. The van der Waals surface area contributed by atoms with Crippen molar-refractivity contribution in [3.05, 3.63) is 50.6 Å². The van der Waals surface area contributed by atoms with Crippen LogP contribution in [0.2, 0.25) is 0 Å². The quantitative estimate of drug-likeness (QED) is 0.881. The first kappa shape index (κ1) is 14.4. The number of rotatable bonds is 3. The molecule has 0 fully saturated rings. The number of halogens is 4. The second-order valence-corrected chi connectivity index (χ2v) is 5.29. The van der Waals surface area contributed by atoms with Crippen molar-refractivity contribution in [1.29, 1.82) is 0 Å². The number of ether oxygens (including phenoxy) is 1. The summed E-state index contributed by atoms with van der Waals surface area (Å²) < 4.78 is 40.5. The Morgan fingerprint density at radius 3 is 2.26 bits per heavy atom. The van der Waals surface area contributed by atoms with Crippen LogP contribution in [0.25, 0.3) is 0 Å². The van der Waals surface area contributed by atoms with E-state index in [4.69, 9.17) is 0 Å². The lowest BCUT2D eigenvalue weighted by atomic mass is 10.0. The minimum absolute atomic E-state index is 0.312. The molecule has 2 nitrogen and oxygen atoms in total. The largest absolute Gasteiger partial charge is 0.573 e. The maximum Gasteiger partial charge on any atom is 0.573 e. The molecule has 0 aliphatic rings. The highest BCUT2D eigenvalue weighted by Gasteiger charge is 2.31. The monoisotopic (exact) mass is 352 g/mol. The van der Waals surface area contributed by atoms with Crippen molar-refractivity contribution < 1.29 is 23.0 Å². The summed E-state index contributed by atoms with van der Waals surface area (Å²) in [5, 5.41) is 13.7. The van der Waals surface area contributed by atoms with E-state index >= 15 is 0 Å². The molecular weight excluding hydrogens is 345 g/mol. The van der Waals surface area contributed by atoms with E-state index in [1.807, 2.05) is 5.38 Å². The maximum absolute atomic E-state index is 12.0. The van der Waals surface area contributed by atoms with Crippen molar-refractivity contribution in [1.82, 2.24) is 0 Å². The first-order valence-corrected chi connectivity index (χ1v) is 6.86. The number of hydrogen-bond donors (Lipinski definition) is 1. The molecule has 2 aromatic rings. The highest BCUT2D eigenvalue weighted by molar-refractivity contribution is 9.10. The van der Waals surface area contributed by atoms with Crippen LogP contribution in [0.1, 0.15) is 17.2 Å². The molecule has 1 heterocycles. The maximum atomic E-state index is 12.0. The summed E-state index contributed by atoms with van der Waals surface area (Å²) in [4.78, 5) is 0. The summed E-state index contributed by atoms with van der Waals surface area (Å²) in [6, 6.07) is 5.14. The zero-order valence-corrected chi connectivity index (χ0v) is 11.7. The van der Waals surface area contributed by atoms with Gasteiger partial charge in [0, 0.05) is 15.4 Å². The van der Waals surface area contributed by atoms with E-state index in [0.29, 0.717) is 11.1 Å². The van der Waals surface area contributed by atoms with E-state index in [1.165, 1.54) is 35.6 Å². The third-order valence-electron chi connectivity index (χ3n) is 2.37. The van der Waals surface area contributed by atoms with Gasteiger partial charge >= 0.3 is 6.36 Å². The molecule has 1 aromatic heterocycles. The number of alkyl halides is 3. The average Bonchev–Trinajstić information content (AvgIpc) is 2.73. The van der Waals surface area contributed by atoms with Crippen molar-refractivity contribution in [2.45, 2.75) is 12.5 Å². The number of hydrogen-bond acceptors (Lipinski definition) is 3. The number of benzene rings is 1. The van der Waals surface area contributed by atoms with Crippen LogP contribution in [-0.4, -0.2) is 11.5 Å². The molecule has 0 saturated heterocycles. The van der Waals surface area contributed by atoms with Crippen LogP contribution in [-0.2, 0) is 0 Å². The lowest BCUT2D eigenvalue weighted by Crippen LogP contribution is -2.17. The van der Waals surface area contributed by atoms with Gasteiger partial charge in [0.25, 0.3) is 0 Å². The lowest BCUT2D eigenvalue weighted by molar-refractivity contribution is -0.274. The van der Waals surface area contributed by atoms with Crippen molar-refractivity contribution in [3.8, 4) is 5.75 Å². The van der Waals surface area contributed by atoms with E-state index in [1.54, 1.807) is 5.38 Å². The summed E-state index contributed by atoms with van der Waals surface area (Å²) in [6.45, 7) is 0. The van der Waals surface area contributed by atoms with Crippen molar-refractivity contribution >= 4 is 27.3 Å². The topological polar surface area (TPSA) is 29.5 Å². The summed E-state index contributed by atoms with van der Waals surface area (Å²) in [7, 11) is 0. The predicted octanol–water partition coefficient (Wildman–Crippen LogP) is 4.49. The Labute approximate surface area is 119 Å². The Hall–Kier alpha value is -1.05. The van der Waals surface area contributed by atoms with Crippen molar-refractivity contribution in [2.24, 2.45) is 0 Å². The molecule has 0 amide bonds. The van der Waals surface area contributed by atoms with Gasteiger partial charge in [0.1, 0.15) is 11.9 Å². The van der Waals surface area contributed by atoms with Crippen LogP contribution in [0.5, 0.6) is 5.75 Å². The fourth-order valence-corrected chi connectivity index (χ4v) is 3.05. The van der Waals surface area contributed by atoms with Gasteiger partial charge in [0.05, 0.1) is 0 Å². The van der Waals surface area contributed by atoms with E-state index in [2.05, 4.69) is 20.7 Å².